The summed E-state index contributed by atoms with van der Waals surface area (Å²) in [6.45, 7) is 8.35. The van der Waals surface area contributed by atoms with Gasteiger partial charge in [0.2, 0.25) is 5.88 Å². The van der Waals surface area contributed by atoms with Crippen LogP contribution in [0, 0.1) is 20.8 Å². The first kappa shape index (κ1) is 19.6. The molecule has 29 heavy (non-hydrogen) atoms. The third kappa shape index (κ3) is 3.65. The summed E-state index contributed by atoms with van der Waals surface area (Å²) in [5, 5.41) is 4.52. The van der Waals surface area contributed by atoms with Crippen LogP contribution >= 0.6 is 0 Å². The van der Waals surface area contributed by atoms with E-state index in [0.29, 0.717) is 23.3 Å². The zero-order chi connectivity index (χ0) is 20.7. The number of pyridine rings is 1. The number of benzene rings is 1. The van der Waals surface area contributed by atoms with Gasteiger partial charge in [-0.15, -0.1) is 0 Å². The fourth-order valence-electron chi connectivity index (χ4n) is 4.17. The third-order valence-electron chi connectivity index (χ3n) is 6.07. The van der Waals surface area contributed by atoms with Gasteiger partial charge >= 0.3 is 0 Å². The fraction of sp³-hybridized carbons (Fsp3) is 0.435. The minimum absolute atomic E-state index is 0.107. The average Bonchev–Trinajstić information content (AvgIpc) is 2.66. The number of hydrogen-bond acceptors (Lipinski definition) is 6. The number of rotatable bonds is 5. The minimum Gasteiger partial charge on any atom is -0.481 e. The average molecular weight is 392 g/mol. The molecule has 152 valence electrons. The van der Waals surface area contributed by atoms with E-state index in [4.69, 9.17) is 20.4 Å². The lowest BCUT2D eigenvalue weighted by Gasteiger charge is -2.33. The summed E-state index contributed by atoms with van der Waals surface area (Å²) in [4.78, 5) is 14.0. The van der Waals surface area contributed by atoms with Crippen LogP contribution in [0.1, 0.15) is 59.8 Å². The highest BCUT2D eigenvalue weighted by Crippen LogP contribution is 2.41. The molecule has 0 unspecified atom stereocenters. The van der Waals surface area contributed by atoms with Gasteiger partial charge in [-0.05, 0) is 69.2 Å². The van der Waals surface area contributed by atoms with Crippen LogP contribution in [0.5, 0.6) is 5.88 Å². The lowest BCUT2D eigenvalue weighted by atomic mass is 9.76. The zero-order valence-electron chi connectivity index (χ0n) is 17.8. The number of hydrogen-bond donors (Lipinski definition) is 2. The first-order valence-electron chi connectivity index (χ1n) is 10.2. The first-order chi connectivity index (χ1) is 13.9. The van der Waals surface area contributed by atoms with Crippen LogP contribution in [0.15, 0.2) is 24.3 Å². The topological polar surface area (TPSA) is 86.0 Å². The SMILES string of the molecule is COc1nc2nc(C)nc(N[C@H](C)c3cccc(C)c3C)c2cc1C1CC(N)C1. The van der Waals surface area contributed by atoms with Gasteiger partial charge in [0.05, 0.1) is 18.5 Å². The van der Waals surface area contributed by atoms with Gasteiger partial charge in [0.1, 0.15) is 11.6 Å². The van der Waals surface area contributed by atoms with Gasteiger partial charge < -0.3 is 15.8 Å². The number of aromatic nitrogens is 3. The molecule has 3 N–H and O–H groups in total. The number of anilines is 1. The Morgan fingerprint density at radius 3 is 2.59 bits per heavy atom. The number of nitrogens with one attached hydrogen (secondary N) is 1. The molecule has 0 spiro atoms. The predicted molar refractivity (Wildman–Crippen MR) is 117 cm³/mol. The van der Waals surface area contributed by atoms with E-state index in [0.717, 1.165) is 29.6 Å². The number of fused-ring (bicyclic) bond motifs is 1. The van der Waals surface area contributed by atoms with Crippen molar-refractivity contribution >= 4 is 16.9 Å². The molecule has 0 aliphatic heterocycles. The number of nitrogens with zero attached hydrogens (tertiary/aromatic N) is 3. The zero-order valence-corrected chi connectivity index (χ0v) is 17.8. The van der Waals surface area contributed by atoms with Gasteiger partial charge in [-0.1, -0.05) is 18.2 Å². The van der Waals surface area contributed by atoms with Gasteiger partial charge in [0.25, 0.3) is 0 Å². The highest BCUT2D eigenvalue weighted by Gasteiger charge is 2.31. The molecule has 6 nitrogen and oxygen atoms in total. The molecule has 4 rings (SSSR count). The van der Waals surface area contributed by atoms with Crippen LogP contribution in [-0.2, 0) is 0 Å². The van der Waals surface area contributed by atoms with Gasteiger partial charge in [0.15, 0.2) is 5.65 Å². The molecule has 1 aromatic carbocycles. The predicted octanol–water partition coefficient (Wildman–Crippen LogP) is 4.34. The van der Waals surface area contributed by atoms with Gasteiger partial charge in [-0.3, -0.25) is 0 Å². The Balaban J connectivity index is 1.77. The maximum Gasteiger partial charge on any atom is 0.218 e. The second kappa shape index (κ2) is 7.59. The second-order valence-corrected chi connectivity index (χ2v) is 8.16. The molecule has 1 atom stereocenters. The second-order valence-electron chi connectivity index (χ2n) is 8.16. The Hall–Kier alpha value is -2.73. The van der Waals surface area contributed by atoms with Crippen LogP contribution in [-0.4, -0.2) is 28.1 Å². The number of methoxy groups -OCH3 is 1. The molecule has 1 fully saturated rings. The summed E-state index contributed by atoms with van der Waals surface area (Å²) in [5.41, 5.74) is 11.6. The summed E-state index contributed by atoms with van der Waals surface area (Å²) >= 11 is 0. The standard InChI is InChI=1S/C23H29N5O/c1-12-7-6-8-18(13(12)2)14(3)25-21-20-11-19(16-9-17(24)10-16)23(29-5)28-22(20)27-15(4)26-21/h6-8,11,14,16-17H,9-10,24H2,1-5H3,(H,25,26,27,28)/t14-,16?,17?/m1/s1. The molecule has 3 aromatic rings. The van der Waals surface area contributed by atoms with Crippen molar-refractivity contribution in [3.63, 3.8) is 0 Å². The van der Waals surface area contributed by atoms with Crippen LogP contribution in [0.3, 0.4) is 0 Å². The van der Waals surface area contributed by atoms with E-state index < -0.39 is 0 Å². The lowest BCUT2D eigenvalue weighted by Crippen LogP contribution is -2.35. The Bertz CT molecular complexity index is 1060. The van der Waals surface area contributed by atoms with Crippen molar-refractivity contribution < 1.29 is 4.74 Å². The summed E-state index contributed by atoms with van der Waals surface area (Å²) in [7, 11) is 1.66. The normalized spacial score (nSPS) is 19.7. The molecule has 2 heterocycles. The Morgan fingerprint density at radius 2 is 1.90 bits per heavy atom. The van der Waals surface area contributed by atoms with E-state index >= 15 is 0 Å². The van der Waals surface area contributed by atoms with Crippen molar-refractivity contribution in [1.29, 1.82) is 0 Å². The maximum atomic E-state index is 6.02. The van der Waals surface area contributed by atoms with E-state index in [-0.39, 0.29) is 12.1 Å². The molecule has 0 amide bonds. The van der Waals surface area contributed by atoms with Crippen molar-refractivity contribution in [3.8, 4) is 5.88 Å². The lowest BCUT2D eigenvalue weighted by molar-refractivity contribution is 0.329. The molecule has 1 aliphatic carbocycles. The van der Waals surface area contributed by atoms with Crippen LogP contribution in [0.2, 0.25) is 0 Å². The molecule has 2 aromatic heterocycles. The molecule has 0 saturated heterocycles. The summed E-state index contributed by atoms with van der Waals surface area (Å²) in [6, 6.07) is 8.91. The Kier molecular flexibility index (Phi) is 5.13. The van der Waals surface area contributed by atoms with E-state index in [1.165, 1.54) is 16.7 Å². The smallest absolute Gasteiger partial charge is 0.218 e. The number of ether oxygens (including phenoxy) is 1. The molecular formula is C23H29N5O. The van der Waals surface area contributed by atoms with Crippen molar-refractivity contribution in [2.24, 2.45) is 5.73 Å². The van der Waals surface area contributed by atoms with Crippen LogP contribution in [0.25, 0.3) is 11.0 Å². The van der Waals surface area contributed by atoms with Gasteiger partial charge in [0, 0.05) is 11.6 Å². The highest BCUT2D eigenvalue weighted by molar-refractivity contribution is 5.88. The summed E-state index contributed by atoms with van der Waals surface area (Å²) in [5.74, 6) is 2.51. The van der Waals surface area contributed by atoms with Crippen molar-refractivity contribution in [3.05, 3.63) is 52.3 Å². The number of nitrogens with two attached hydrogens (primary N) is 1. The van der Waals surface area contributed by atoms with Crippen molar-refractivity contribution in [1.82, 2.24) is 15.0 Å². The monoisotopic (exact) mass is 391 g/mol. The van der Waals surface area contributed by atoms with Crippen molar-refractivity contribution in [2.45, 2.75) is 58.5 Å². The molecule has 1 aliphatic rings. The molecule has 0 radical (unpaired) electrons. The Morgan fingerprint density at radius 1 is 1.14 bits per heavy atom. The third-order valence-corrected chi connectivity index (χ3v) is 6.07. The van der Waals surface area contributed by atoms with Crippen molar-refractivity contribution in [2.75, 3.05) is 12.4 Å². The van der Waals surface area contributed by atoms with Crippen LogP contribution < -0.4 is 15.8 Å². The Labute approximate surface area is 171 Å². The number of aryl methyl sites for hydroxylation is 2. The van der Waals surface area contributed by atoms with E-state index in [2.05, 4.69) is 55.3 Å². The van der Waals surface area contributed by atoms with Crippen LogP contribution in [0.4, 0.5) is 5.82 Å². The highest BCUT2D eigenvalue weighted by atomic mass is 16.5. The molecule has 0 bridgehead atoms. The summed E-state index contributed by atoms with van der Waals surface area (Å²) in [6.07, 6.45) is 1.91. The van der Waals surface area contributed by atoms with Gasteiger partial charge in [-0.25, -0.2) is 9.97 Å². The van der Waals surface area contributed by atoms with E-state index in [1.807, 2.05) is 6.92 Å². The van der Waals surface area contributed by atoms with E-state index in [1.54, 1.807) is 7.11 Å². The molecule has 1 saturated carbocycles. The summed E-state index contributed by atoms with van der Waals surface area (Å²) < 4.78 is 5.57. The largest absolute Gasteiger partial charge is 0.481 e. The fourth-order valence-corrected chi connectivity index (χ4v) is 4.17. The quantitative estimate of drug-likeness (QED) is 0.673. The molecule has 6 heteroatoms. The first-order valence-corrected chi connectivity index (χ1v) is 10.2. The molecular weight excluding hydrogens is 362 g/mol. The van der Waals surface area contributed by atoms with Gasteiger partial charge in [-0.2, -0.15) is 4.98 Å². The maximum absolute atomic E-state index is 6.02. The van der Waals surface area contributed by atoms with E-state index in [9.17, 15) is 0 Å². The minimum atomic E-state index is 0.107.